The quantitative estimate of drug-likeness (QED) is 0.841. The minimum absolute atomic E-state index is 0.168. The third kappa shape index (κ3) is 4.16. The van der Waals surface area contributed by atoms with Crippen molar-refractivity contribution in [1.29, 1.82) is 0 Å². The van der Waals surface area contributed by atoms with Crippen LogP contribution in [0.4, 0.5) is 5.69 Å². The molecule has 1 saturated heterocycles. The number of carbonyl (C=O) groups is 1. The van der Waals surface area contributed by atoms with Crippen LogP contribution in [0.15, 0.2) is 48.5 Å². The number of hydrogen-bond donors (Lipinski definition) is 2. The lowest BCUT2D eigenvalue weighted by Gasteiger charge is -2.28. The van der Waals surface area contributed by atoms with E-state index in [1.54, 1.807) is 36.4 Å². The van der Waals surface area contributed by atoms with E-state index in [1.165, 1.54) is 4.31 Å². The van der Waals surface area contributed by atoms with Crippen LogP contribution in [-0.4, -0.2) is 38.3 Å². The van der Waals surface area contributed by atoms with Crippen LogP contribution in [-0.2, 0) is 16.4 Å². The molecule has 6 nitrogen and oxygen atoms in total. The predicted octanol–water partition coefficient (Wildman–Crippen LogP) is 2.29. The summed E-state index contributed by atoms with van der Waals surface area (Å²) in [5, 5.41) is 12.5. The van der Waals surface area contributed by atoms with Gasteiger partial charge in [-0.2, -0.15) is 0 Å². The first-order valence-electron chi connectivity index (χ1n) is 8.63. The molecule has 1 heterocycles. The lowest BCUT2D eigenvalue weighted by molar-refractivity contribution is 0.0954. The first kappa shape index (κ1) is 18.3. The van der Waals surface area contributed by atoms with E-state index in [1.807, 2.05) is 12.1 Å². The number of benzene rings is 2. The zero-order chi connectivity index (χ0) is 18.6. The molecule has 0 aromatic heterocycles. The molecule has 0 unspecified atom stereocenters. The number of para-hydroxylation sites is 1. The van der Waals surface area contributed by atoms with Gasteiger partial charge in [-0.25, -0.2) is 8.42 Å². The maximum absolute atomic E-state index is 12.2. The molecule has 1 aliphatic heterocycles. The minimum atomic E-state index is -3.25. The number of phenols is 1. The van der Waals surface area contributed by atoms with E-state index in [-0.39, 0.29) is 17.4 Å². The maximum Gasteiger partial charge on any atom is 0.251 e. The molecule has 138 valence electrons. The van der Waals surface area contributed by atoms with Crippen LogP contribution in [0.3, 0.4) is 0 Å². The average molecular weight is 374 g/mol. The van der Waals surface area contributed by atoms with Crippen LogP contribution in [0.25, 0.3) is 0 Å². The molecule has 0 bridgehead atoms. The summed E-state index contributed by atoms with van der Waals surface area (Å²) in [6.07, 6.45) is 2.06. The fourth-order valence-corrected chi connectivity index (χ4v) is 4.63. The molecule has 0 atom stereocenters. The van der Waals surface area contributed by atoms with Gasteiger partial charge in [-0.1, -0.05) is 18.2 Å². The average Bonchev–Trinajstić information content (AvgIpc) is 2.63. The molecule has 1 amide bonds. The molecule has 2 aromatic rings. The molecular weight excluding hydrogens is 352 g/mol. The zero-order valence-electron chi connectivity index (χ0n) is 14.4. The Kier molecular flexibility index (Phi) is 5.46. The molecule has 3 rings (SSSR count). The molecule has 0 saturated carbocycles. The SMILES string of the molecule is O=C(NCCc1ccccc1O)c1ccc(N2CCCCS2(=O)=O)cc1. The highest BCUT2D eigenvalue weighted by molar-refractivity contribution is 7.92. The Morgan fingerprint density at radius 1 is 1.08 bits per heavy atom. The van der Waals surface area contributed by atoms with Gasteiger partial charge in [0.2, 0.25) is 10.0 Å². The van der Waals surface area contributed by atoms with Gasteiger partial charge in [0.15, 0.2) is 0 Å². The third-order valence-electron chi connectivity index (χ3n) is 4.44. The Hall–Kier alpha value is -2.54. The first-order chi connectivity index (χ1) is 12.5. The standard InChI is InChI=1S/C19H22N2O4S/c22-18-6-2-1-5-15(18)11-12-20-19(23)16-7-9-17(10-8-16)21-13-3-4-14-26(21,24)25/h1-2,5-10,22H,3-4,11-14H2,(H,20,23). The number of amides is 1. The van der Waals surface area contributed by atoms with E-state index in [0.717, 1.165) is 12.0 Å². The van der Waals surface area contributed by atoms with Gasteiger partial charge in [0.05, 0.1) is 11.4 Å². The largest absolute Gasteiger partial charge is 0.508 e. The van der Waals surface area contributed by atoms with Crippen LogP contribution >= 0.6 is 0 Å². The number of rotatable bonds is 5. The van der Waals surface area contributed by atoms with Crippen LogP contribution in [0.2, 0.25) is 0 Å². The second-order valence-corrected chi connectivity index (χ2v) is 8.29. The molecule has 2 N–H and O–H groups in total. The second kappa shape index (κ2) is 7.78. The van der Waals surface area contributed by atoms with Gasteiger partial charge < -0.3 is 10.4 Å². The summed E-state index contributed by atoms with van der Waals surface area (Å²) >= 11 is 0. The lowest BCUT2D eigenvalue weighted by atomic mass is 10.1. The number of nitrogens with zero attached hydrogens (tertiary/aromatic N) is 1. The molecule has 0 spiro atoms. The first-order valence-corrected chi connectivity index (χ1v) is 10.2. The van der Waals surface area contributed by atoms with Gasteiger partial charge in [0.25, 0.3) is 5.91 Å². The van der Waals surface area contributed by atoms with E-state index in [0.29, 0.717) is 37.2 Å². The van der Waals surface area contributed by atoms with E-state index in [4.69, 9.17) is 0 Å². The highest BCUT2D eigenvalue weighted by Crippen LogP contribution is 2.23. The van der Waals surface area contributed by atoms with Gasteiger partial charge in [0, 0.05) is 18.7 Å². The molecule has 2 aromatic carbocycles. The lowest BCUT2D eigenvalue weighted by Crippen LogP contribution is -2.37. The van der Waals surface area contributed by atoms with Gasteiger partial charge in [-0.05, 0) is 55.2 Å². The summed E-state index contributed by atoms with van der Waals surface area (Å²) in [6.45, 7) is 0.882. The molecular formula is C19H22N2O4S. The Bertz CT molecular complexity index is 879. The smallest absolute Gasteiger partial charge is 0.251 e. The van der Waals surface area contributed by atoms with E-state index in [2.05, 4.69) is 5.32 Å². The van der Waals surface area contributed by atoms with Crippen molar-refractivity contribution in [3.63, 3.8) is 0 Å². The van der Waals surface area contributed by atoms with Crippen LogP contribution in [0.5, 0.6) is 5.75 Å². The molecule has 0 aliphatic carbocycles. The number of hydrogen-bond acceptors (Lipinski definition) is 4. The van der Waals surface area contributed by atoms with Crippen LogP contribution in [0, 0.1) is 0 Å². The Morgan fingerprint density at radius 3 is 2.50 bits per heavy atom. The van der Waals surface area contributed by atoms with Gasteiger partial charge in [-0.15, -0.1) is 0 Å². The van der Waals surface area contributed by atoms with Crippen molar-refractivity contribution in [2.24, 2.45) is 0 Å². The summed E-state index contributed by atoms with van der Waals surface area (Å²) < 4.78 is 25.7. The fraction of sp³-hybridized carbons (Fsp3) is 0.316. The normalized spacial score (nSPS) is 16.2. The van der Waals surface area contributed by atoms with Gasteiger partial charge in [-0.3, -0.25) is 9.10 Å². The van der Waals surface area contributed by atoms with Crippen molar-refractivity contribution in [1.82, 2.24) is 5.32 Å². The van der Waals surface area contributed by atoms with Crippen molar-refractivity contribution < 1.29 is 18.3 Å². The third-order valence-corrected chi connectivity index (χ3v) is 6.31. The molecule has 7 heteroatoms. The summed E-state index contributed by atoms with van der Waals surface area (Å²) in [4.78, 5) is 12.2. The van der Waals surface area contributed by atoms with Gasteiger partial charge in [0.1, 0.15) is 5.75 Å². The summed E-state index contributed by atoms with van der Waals surface area (Å²) in [6, 6.07) is 13.6. The number of anilines is 1. The number of sulfonamides is 1. The minimum Gasteiger partial charge on any atom is -0.508 e. The summed E-state index contributed by atoms with van der Waals surface area (Å²) in [5.41, 5.74) is 1.84. The van der Waals surface area contributed by atoms with E-state index in [9.17, 15) is 18.3 Å². The number of phenolic OH excluding ortho intramolecular Hbond substituents is 1. The van der Waals surface area contributed by atoms with Crippen LogP contribution in [0.1, 0.15) is 28.8 Å². The van der Waals surface area contributed by atoms with Crippen molar-refractivity contribution in [2.75, 3.05) is 23.1 Å². The molecule has 1 aliphatic rings. The summed E-state index contributed by atoms with van der Waals surface area (Å²) in [7, 11) is -3.25. The maximum atomic E-state index is 12.2. The van der Waals surface area contributed by atoms with Crippen molar-refractivity contribution in [3.05, 3.63) is 59.7 Å². The predicted molar refractivity (Wildman–Crippen MR) is 101 cm³/mol. The van der Waals surface area contributed by atoms with Crippen LogP contribution < -0.4 is 9.62 Å². The molecule has 26 heavy (non-hydrogen) atoms. The van der Waals surface area contributed by atoms with Crippen molar-refractivity contribution in [2.45, 2.75) is 19.3 Å². The highest BCUT2D eigenvalue weighted by atomic mass is 32.2. The summed E-state index contributed by atoms with van der Waals surface area (Å²) in [5.74, 6) is 0.156. The number of carbonyl (C=O) groups excluding carboxylic acids is 1. The number of aromatic hydroxyl groups is 1. The highest BCUT2D eigenvalue weighted by Gasteiger charge is 2.25. The monoisotopic (exact) mass is 374 g/mol. The topological polar surface area (TPSA) is 86.7 Å². The molecule has 1 fully saturated rings. The van der Waals surface area contributed by atoms with Crippen molar-refractivity contribution in [3.8, 4) is 5.75 Å². The Morgan fingerprint density at radius 2 is 1.81 bits per heavy atom. The van der Waals surface area contributed by atoms with Crippen molar-refractivity contribution >= 4 is 21.6 Å². The fourth-order valence-electron chi connectivity index (χ4n) is 2.99. The number of nitrogens with one attached hydrogen (secondary N) is 1. The van der Waals surface area contributed by atoms with E-state index < -0.39 is 10.0 Å². The van der Waals surface area contributed by atoms with E-state index >= 15 is 0 Å². The molecule has 0 radical (unpaired) electrons. The Labute approximate surface area is 153 Å². The van der Waals surface area contributed by atoms with Gasteiger partial charge >= 0.3 is 0 Å². The Balaban J connectivity index is 1.59. The zero-order valence-corrected chi connectivity index (χ0v) is 15.2. The second-order valence-electron chi connectivity index (χ2n) is 6.28.